The maximum atomic E-state index is 12.2. The smallest absolute Gasteiger partial charge is 0.244 e. The highest BCUT2D eigenvalue weighted by Crippen LogP contribution is 2.25. The van der Waals surface area contributed by atoms with Crippen molar-refractivity contribution in [2.24, 2.45) is 0 Å². The molecule has 0 aromatic heterocycles. The summed E-state index contributed by atoms with van der Waals surface area (Å²) in [6.07, 6.45) is 3.68. The Labute approximate surface area is 126 Å². The maximum absolute atomic E-state index is 12.2. The molecule has 0 spiro atoms. The molecule has 2 heterocycles. The first-order valence-electron chi connectivity index (χ1n) is 7.92. The first kappa shape index (κ1) is 14.2. The zero-order chi connectivity index (χ0) is 14.5. The van der Waals surface area contributed by atoms with Gasteiger partial charge in [-0.05, 0) is 51.0 Å². The second-order valence-corrected chi connectivity index (χ2v) is 5.82. The topological polar surface area (TPSA) is 56.4 Å². The standard InChI is InChI=1S/C16H24N4O/c21-16(17-8-5-11-20-9-3-4-10-20)15-12-18-13-6-1-2-7-14(13)19-15/h1-2,6-7,15,18-19H,3-5,8-12H2,(H,17,21). The largest absolute Gasteiger partial charge is 0.381 e. The molecule has 1 fully saturated rings. The van der Waals surface area contributed by atoms with Gasteiger partial charge in [0.05, 0.1) is 11.4 Å². The Morgan fingerprint density at radius 1 is 1.24 bits per heavy atom. The van der Waals surface area contributed by atoms with Crippen LogP contribution in [-0.2, 0) is 4.79 Å². The summed E-state index contributed by atoms with van der Waals surface area (Å²) in [5, 5.41) is 9.63. The van der Waals surface area contributed by atoms with E-state index in [1.54, 1.807) is 0 Å². The van der Waals surface area contributed by atoms with Crippen LogP contribution in [0.25, 0.3) is 0 Å². The van der Waals surface area contributed by atoms with Crippen molar-refractivity contribution < 1.29 is 4.79 Å². The van der Waals surface area contributed by atoms with E-state index in [-0.39, 0.29) is 11.9 Å². The van der Waals surface area contributed by atoms with Gasteiger partial charge in [0, 0.05) is 13.1 Å². The van der Waals surface area contributed by atoms with Crippen LogP contribution in [0.1, 0.15) is 19.3 Å². The summed E-state index contributed by atoms with van der Waals surface area (Å²) in [4.78, 5) is 14.7. The van der Waals surface area contributed by atoms with Gasteiger partial charge in [-0.15, -0.1) is 0 Å². The van der Waals surface area contributed by atoms with E-state index in [0.29, 0.717) is 6.54 Å². The molecule has 1 unspecified atom stereocenters. The zero-order valence-electron chi connectivity index (χ0n) is 12.4. The molecule has 1 aromatic rings. The number of nitrogens with one attached hydrogen (secondary N) is 3. The van der Waals surface area contributed by atoms with E-state index in [2.05, 4.69) is 20.9 Å². The summed E-state index contributed by atoms with van der Waals surface area (Å²) in [6.45, 7) is 4.93. The molecule has 3 rings (SSSR count). The van der Waals surface area contributed by atoms with Crippen molar-refractivity contribution in [3.05, 3.63) is 24.3 Å². The average molecular weight is 288 g/mol. The van der Waals surface area contributed by atoms with Crippen LogP contribution >= 0.6 is 0 Å². The van der Waals surface area contributed by atoms with Gasteiger partial charge in [0.2, 0.25) is 5.91 Å². The second kappa shape index (κ2) is 6.80. The molecule has 2 aliphatic rings. The van der Waals surface area contributed by atoms with Gasteiger partial charge in [-0.2, -0.15) is 0 Å². The van der Waals surface area contributed by atoms with E-state index in [4.69, 9.17) is 0 Å². The Bertz CT molecular complexity index is 485. The summed E-state index contributed by atoms with van der Waals surface area (Å²) in [5.41, 5.74) is 2.07. The normalized spacial score (nSPS) is 21.2. The van der Waals surface area contributed by atoms with Crippen LogP contribution in [0.15, 0.2) is 24.3 Å². The van der Waals surface area contributed by atoms with E-state index >= 15 is 0 Å². The molecule has 1 saturated heterocycles. The van der Waals surface area contributed by atoms with Gasteiger partial charge in [0.1, 0.15) is 6.04 Å². The maximum Gasteiger partial charge on any atom is 0.244 e. The summed E-state index contributed by atoms with van der Waals surface area (Å²) in [5.74, 6) is 0.0819. The Balaban J connectivity index is 1.40. The monoisotopic (exact) mass is 288 g/mol. The predicted molar refractivity (Wildman–Crippen MR) is 85.6 cm³/mol. The molecule has 114 valence electrons. The molecule has 0 radical (unpaired) electrons. The lowest BCUT2D eigenvalue weighted by Gasteiger charge is -2.27. The van der Waals surface area contributed by atoms with E-state index in [1.807, 2.05) is 24.3 Å². The number of fused-ring (bicyclic) bond motifs is 1. The van der Waals surface area contributed by atoms with Gasteiger partial charge in [0.25, 0.3) is 0 Å². The number of anilines is 2. The van der Waals surface area contributed by atoms with Crippen LogP contribution in [0, 0.1) is 0 Å². The minimum atomic E-state index is -0.188. The van der Waals surface area contributed by atoms with Crippen molar-refractivity contribution >= 4 is 17.3 Å². The minimum absolute atomic E-state index is 0.0819. The first-order chi connectivity index (χ1) is 10.3. The van der Waals surface area contributed by atoms with Crippen molar-refractivity contribution in [2.45, 2.75) is 25.3 Å². The van der Waals surface area contributed by atoms with E-state index in [9.17, 15) is 4.79 Å². The lowest BCUT2D eigenvalue weighted by Crippen LogP contribution is -2.46. The third-order valence-electron chi connectivity index (χ3n) is 4.22. The Hall–Kier alpha value is -1.75. The highest BCUT2D eigenvalue weighted by molar-refractivity contribution is 5.88. The molecule has 3 N–H and O–H groups in total. The molecule has 0 bridgehead atoms. The second-order valence-electron chi connectivity index (χ2n) is 5.82. The molecule has 1 amide bonds. The fourth-order valence-corrected chi connectivity index (χ4v) is 3.02. The molecule has 0 aliphatic carbocycles. The first-order valence-corrected chi connectivity index (χ1v) is 7.92. The summed E-state index contributed by atoms with van der Waals surface area (Å²) in [6, 6.07) is 7.80. The Kier molecular flexibility index (Phi) is 4.60. The molecule has 0 saturated carbocycles. The van der Waals surface area contributed by atoms with Crippen LogP contribution in [0.3, 0.4) is 0 Å². The molecular weight excluding hydrogens is 264 g/mol. The lowest BCUT2D eigenvalue weighted by molar-refractivity contribution is -0.121. The lowest BCUT2D eigenvalue weighted by atomic mass is 10.1. The van der Waals surface area contributed by atoms with Crippen LogP contribution in [0.4, 0.5) is 11.4 Å². The number of carbonyl (C=O) groups excluding carboxylic acids is 1. The molecule has 1 aromatic carbocycles. The van der Waals surface area contributed by atoms with Crippen LogP contribution < -0.4 is 16.0 Å². The molecule has 21 heavy (non-hydrogen) atoms. The predicted octanol–water partition coefficient (Wildman–Crippen LogP) is 1.49. The van der Waals surface area contributed by atoms with Crippen LogP contribution in [-0.4, -0.2) is 49.6 Å². The highest BCUT2D eigenvalue weighted by Gasteiger charge is 2.22. The quantitative estimate of drug-likeness (QED) is 0.719. The molecule has 1 atom stereocenters. The van der Waals surface area contributed by atoms with Crippen molar-refractivity contribution in [2.75, 3.05) is 43.4 Å². The number of carbonyl (C=O) groups is 1. The number of hydrogen-bond donors (Lipinski definition) is 3. The van der Waals surface area contributed by atoms with Gasteiger partial charge in [0.15, 0.2) is 0 Å². The number of amides is 1. The fraction of sp³-hybridized carbons (Fsp3) is 0.562. The number of para-hydroxylation sites is 2. The molecule has 5 heteroatoms. The zero-order valence-corrected chi connectivity index (χ0v) is 12.4. The van der Waals surface area contributed by atoms with Crippen LogP contribution in [0.2, 0.25) is 0 Å². The Morgan fingerprint density at radius 2 is 2.00 bits per heavy atom. The van der Waals surface area contributed by atoms with E-state index in [0.717, 1.165) is 30.9 Å². The summed E-state index contributed by atoms with van der Waals surface area (Å²) < 4.78 is 0. The van der Waals surface area contributed by atoms with Gasteiger partial charge < -0.3 is 20.9 Å². The van der Waals surface area contributed by atoms with Crippen molar-refractivity contribution in [1.29, 1.82) is 0 Å². The third kappa shape index (κ3) is 3.67. The van der Waals surface area contributed by atoms with Gasteiger partial charge in [-0.25, -0.2) is 0 Å². The van der Waals surface area contributed by atoms with Crippen molar-refractivity contribution in [3.63, 3.8) is 0 Å². The van der Waals surface area contributed by atoms with E-state index in [1.165, 1.54) is 25.9 Å². The fourth-order valence-electron chi connectivity index (χ4n) is 3.02. The number of rotatable bonds is 5. The number of hydrogen-bond acceptors (Lipinski definition) is 4. The van der Waals surface area contributed by atoms with Gasteiger partial charge in [-0.3, -0.25) is 4.79 Å². The average Bonchev–Trinajstić information content (AvgIpc) is 3.04. The Morgan fingerprint density at radius 3 is 2.81 bits per heavy atom. The van der Waals surface area contributed by atoms with Crippen molar-refractivity contribution in [1.82, 2.24) is 10.2 Å². The minimum Gasteiger partial charge on any atom is -0.381 e. The number of nitrogens with zero attached hydrogens (tertiary/aromatic N) is 1. The molecule has 5 nitrogen and oxygen atoms in total. The number of likely N-dealkylation sites (tertiary alicyclic amines) is 1. The van der Waals surface area contributed by atoms with Gasteiger partial charge in [-0.1, -0.05) is 12.1 Å². The molecular formula is C16H24N4O. The third-order valence-corrected chi connectivity index (χ3v) is 4.22. The summed E-state index contributed by atoms with van der Waals surface area (Å²) >= 11 is 0. The highest BCUT2D eigenvalue weighted by atomic mass is 16.2. The SMILES string of the molecule is O=C(NCCCN1CCCC1)C1CNc2ccccc2N1. The van der Waals surface area contributed by atoms with E-state index < -0.39 is 0 Å². The van der Waals surface area contributed by atoms with Gasteiger partial charge >= 0.3 is 0 Å². The van der Waals surface area contributed by atoms with Crippen LogP contribution in [0.5, 0.6) is 0 Å². The molecule has 2 aliphatic heterocycles. The summed E-state index contributed by atoms with van der Waals surface area (Å²) in [7, 11) is 0. The number of benzene rings is 1. The van der Waals surface area contributed by atoms with Crippen molar-refractivity contribution in [3.8, 4) is 0 Å².